The summed E-state index contributed by atoms with van der Waals surface area (Å²) in [6.45, 7) is 0. The highest BCUT2D eigenvalue weighted by Gasteiger charge is 2.07. The van der Waals surface area contributed by atoms with Gasteiger partial charge in [-0.3, -0.25) is 0 Å². The lowest BCUT2D eigenvalue weighted by molar-refractivity contribution is 0.416. The molecule has 18 heavy (non-hydrogen) atoms. The largest absolute Gasteiger partial charge is 0.495 e. The summed E-state index contributed by atoms with van der Waals surface area (Å²) in [5.41, 5.74) is 8.23. The monoisotopic (exact) mass is 244 g/mol. The third-order valence-electron chi connectivity index (χ3n) is 2.66. The molecule has 0 radical (unpaired) electrons. The number of nitrogen functional groups attached to an aromatic ring is 1. The molecular weight excluding hydrogens is 228 g/mol. The van der Waals surface area contributed by atoms with E-state index in [0.29, 0.717) is 11.4 Å². The lowest BCUT2D eigenvalue weighted by Crippen LogP contribution is -2.00. The highest BCUT2D eigenvalue weighted by atomic mass is 16.5. The summed E-state index contributed by atoms with van der Waals surface area (Å²) in [7, 11) is 3.23. The van der Waals surface area contributed by atoms with Crippen LogP contribution in [0.4, 0.5) is 17.1 Å². The van der Waals surface area contributed by atoms with Crippen LogP contribution in [-0.4, -0.2) is 14.2 Å². The SMILES string of the molecule is COc1ccccc1Nc1cccc(OC)c1N. The zero-order chi connectivity index (χ0) is 13.0. The van der Waals surface area contributed by atoms with Gasteiger partial charge in [0.25, 0.3) is 0 Å². The number of para-hydroxylation sites is 3. The van der Waals surface area contributed by atoms with Gasteiger partial charge >= 0.3 is 0 Å². The molecule has 4 heteroatoms. The van der Waals surface area contributed by atoms with Crippen LogP contribution in [-0.2, 0) is 0 Å². The zero-order valence-corrected chi connectivity index (χ0v) is 10.4. The molecule has 4 nitrogen and oxygen atoms in total. The summed E-state index contributed by atoms with van der Waals surface area (Å²) in [4.78, 5) is 0. The molecule has 0 aliphatic rings. The fourth-order valence-electron chi connectivity index (χ4n) is 1.72. The highest BCUT2D eigenvalue weighted by Crippen LogP contribution is 2.34. The topological polar surface area (TPSA) is 56.5 Å². The maximum absolute atomic E-state index is 6.00. The number of rotatable bonds is 4. The first-order valence-corrected chi connectivity index (χ1v) is 5.58. The molecule has 0 heterocycles. The van der Waals surface area contributed by atoms with Gasteiger partial charge in [-0.05, 0) is 24.3 Å². The number of nitrogens with one attached hydrogen (secondary N) is 1. The number of anilines is 3. The minimum Gasteiger partial charge on any atom is -0.495 e. The standard InChI is InChI=1S/C14H16N2O2/c1-17-12-8-4-3-6-10(12)16-11-7-5-9-13(18-2)14(11)15/h3-9,16H,15H2,1-2H3. The summed E-state index contributed by atoms with van der Waals surface area (Å²) in [6.07, 6.45) is 0. The molecule has 0 fully saturated rings. The van der Waals surface area contributed by atoms with Crippen LogP contribution < -0.4 is 20.5 Å². The number of nitrogens with two attached hydrogens (primary N) is 1. The molecule has 0 aromatic heterocycles. The number of methoxy groups -OCH3 is 2. The van der Waals surface area contributed by atoms with E-state index < -0.39 is 0 Å². The lowest BCUT2D eigenvalue weighted by atomic mass is 10.2. The van der Waals surface area contributed by atoms with Crippen molar-refractivity contribution in [1.29, 1.82) is 0 Å². The first-order chi connectivity index (χ1) is 8.76. The fraction of sp³-hybridized carbons (Fsp3) is 0.143. The normalized spacial score (nSPS) is 9.89. The van der Waals surface area contributed by atoms with Crippen LogP contribution in [0.15, 0.2) is 42.5 Å². The van der Waals surface area contributed by atoms with Gasteiger partial charge in [0.15, 0.2) is 0 Å². The van der Waals surface area contributed by atoms with Crippen LogP contribution in [0.5, 0.6) is 11.5 Å². The maximum Gasteiger partial charge on any atom is 0.143 e. The zero-order valence-electron chi connectivity index (χ0n) is 10.4. The summed E-state index contributed by atoms with van der Waals surface area (Å²) in [5.74, 6) is 1.41. The Kier molecular flexibility index (Phi) is 3.57. The van der Waals surface area contributed by atoms with Crippen molar-refractivity contribution in [1.82, 2.24) is 0 Å². The molecule has 0 spiro atoms. The fourth-order valence-corrected chi connectivity index (χ4v) is 1.72. The van der Waals surface area contributed by atoms with Gasteiger partial charge in [0, 0.05) is 0 Å². The van der Waals surface area contributed by atoms with Gasteiger partial charge in [-0.2, -0.15) is 0 Å². The highest BCUT2D eigenvalue weighted by molar-refractivity contribution is 5.79. The average Bonchev–Trinajstić information content (AvgIpc) is 2.42. The molecule has 94 valence electrons. The molecule has 0 saturated carbocycles. The van der Waals surface area contributed by atoms with Crippen LogP contribution in [0.25, 0.3) is 0 Å². The molecule has 2 rings (SSSR count). The second-order valence-corrected chi connectivity index (χ2v) is 3.75. The second kappa shape index (κ2) is 5.31. The Hall–Kier alpha value is -2.36. The van der Waals surface area contributed by atoms with Crippen molar-refractivity contribution in [2.75, 3.05) is 25.3 Å². The van der Waals surface area contributed by atoms with Crippen LogP contribution in [0.1, 0.15) is 0 Å². The van der Waals surface area contributed by atoms with E-state index >= 15 is 0 Å². The van der Waals surface area contributed by atoms with E-state index in [2.05, 4.69) is 5.32 Å². The third-order valence-corrected chi connectivity index (χ3v) is 2.66. The summed E-state index contributed by atoms with van der Waals surface area (Å²) in [5, 5.41) is 3.24. The van der Waals surface area contributed by atoms with E-state index in [1.807, 2.05) is 42.5 Å². The Bertz CT molecular complexity index is 541. The quantitative estimate of drug-likeness (QED) is 0.812. The van der Waals surface area contributed by atoms with Crippen molar-refractivity contribution >= 4 is 17.1 Å². The van der Waals surface area contributed by atoms with Crippen molar-refractivity contribution in [3.63, 3.8) is 0 Å². The Morgan fingerprint density at radius 3 is 2.17 bits per heavy atom. The molecule has 2 aromatic rings. The van der Waals surface area contributed by atoms with Crippen molar-refractivity contribution in [3.8, 4) is 11.5 Å². The molecule has 0 unspecified atom stereocenters. The molecule has 3 N–H and O–H groups in total. The summed E-state index contributed by atoms with van der Waals surface area (Å²) >= 11 is 0. The predicted octanol–water partition coefficient (Wildman–Crippen LogP) is 3.03. The van der Waals surface area contributed by atoms with Crippen LogP contribution in [0, 0.1) is 0 Å². The Morgan fingerprint density at radius 1 is 0.833 bits per heavy atom. The lowest BCUT2D eigenvalue weighted by Gasteiger charge is -2.14. The third kappa shape index (κ3) is 2.32. The summed E-state index contributed by atoms with van der Waals surface area (Å²) in [6, 6.07) is 13.3. The molecule has 0 saturated heterocycles. The molecule has 0 amide bonds. The molecule has 2 aromatic carbocycles. The molecule has 0 aliphatic heterocycles. The number of hydrogen-bond donors (Lipinski definition) is 2. The van der Waals surface area contributed by atoms with Gasteiger partial charge in [0.1, 0.15) is 11.5 Å². The van der Waals surface area contributed by atoms with Crippen LogP contribution in [0.2, 0.25) is 0 Å². The van der Waals surface area contributed by atoms with Gasteiger partial charge in [-0.15, -0.1) is 0 Å². The average molecular weight is 244 g/mol. The van der Waals surface area contributed by atoms with Crippen molar-refractivity contribution < 1.29 is 9.47 Å². The predicted molar refractivity (Wildman–Crippen MR) is 73.7 cm³/mol. The summed E-state index contributed by atoms with van der Waals surface area (Å²) < 4.78 is 10.5. The molecule has 0 bridgehead atoms. The minimum absolute atomic E-state index is 0.575. The first kappa shape index (κ1) is 12.1. The Labute approximate surface area is 106 Å². The van der Waals surface area contributed by atoms with Crippen LogP contribution >= 0.6 is 0 Å². The number of benzene rings is 2. The minimum atomic E-state index is 0.575. The van der Waals surface area contributed by atoms with E-state index in [0.717, 1.165) is 17.1 Å². The van der Waals surface area contributed by atoms with Gasteiger partial charge in [0.2, 0.25) is 0 Å². The molecule has 0 atom stereocenters. The maximum atomic E-state index is 6.00. The first-order valence-electron chi connectivity index (χ1n) is 5.58. The number of ether oxygens (including phenoxy) is 2. The molecule has 0 aliphatic carbocycles. The van der Waals surface area contributed by atoms with Crippen molar-refractivity contribution in [3.05, 3.63) is 42.5 Å². The van der Waals surface area contributed by atoms with Crippen molar-refractivity contribution in [2.45, 2.75) is 0 Å². The van der Waals surface area contributed by atoms with Gasteiger partial charge in [0.05, 0.1) is 31.3 Å². The Morgan fingerprint density at radius 2 is 1.44 bits per heavy atom. The number of hydrogen-bond acceptors (Lipinski definition) is 4. The van der Waals surface area contributed by atoms with Gasteiger partial charge < -0.3 is 20.5 Å². The van der Waals surface area contributed by atoms with E-state index in [9.17, 15) is 0 Å². The van der Waals surface area contributed by atoms with Crippen LogP contribution in [0.3, 0.4) is 0 Å². The van der Waals surface area contributed by atoms with E-state index in [4.69, 9.17) is 15.2 Å². The Balaban J connectivity index is 2.34. The van der Waals surface area contributed by atoms with Gasteiger partial charge in [-0.25, -0.2) is 0 Å². The van der Waals surface area contributed by atoms with Crippen molar-refractivity contribution in [2.24, 2.45) is 0 Å². The van der Waals surface area contributed by atoms with E-state index in [-0.39, 0.29) is 0 Å². The molecular formula is C14H16N2O2. The van der Waals surface area contributed by atoms with Gasteiger partial charge in [-0.1, -0.05) is 18.2 Å². The van der Waals surface area contributed by atoms with E-state index in [1.54, 1.807) is 14.2 Å². The smallest absolute Gasteiger partial charge is 0.143 e. The van der Waals surface area contributed by atoms with E-state index in [1.165, 1.54) is 0 Å². The second-order valence-electron chi connectivity index (χ2n) is 3.75.